The van der Waals surface area contributed by atoms with Crippen LogP contribution in [0.15, 0.2) is 17.5 Å². The molecule has 0 radical (unpaired) electrons. The van der Waals surface area contributed by atoms with Gasteiger partial charge in [-0.2, -0.15) is 0 Å². The van der Waals surface area contributed by atoms with E-state index < -0.39 is 35.9 Å². The van der Waals surface area contributed by atoms with Gasteiger partial charge in [0.1, 0.15) is 12.6 Å². The number of piperazine rings is 1. The van der Waals surface area contributed by atoms with E-state index in [4.69, 9.17) is 0 Å². The number of urea groups is 1. The lowest BCUT2D eigenvalue weighted by Gasteiger charge is -2.32. The van der Waals surface area contributed by atoms with Gasteiger partial charge in [-0.15, -0.1) is 11.3 Å². The van der Waals surface area contributed by atoms with Crippen LogP contribution in [0.2, 0.25) is 0 Å². The van der Waals surface area contributed by atoms with Gasteiger partial charge in [-0.3, -0.25) is 14.9 Å². The standard InChI is InChI=1S/C12H13N3O5S/c1-6-10(17)13-8(16)5-15(6)12(20)14-9(11(18)19)7-3-2-4-21-7/h2-4,6,9H,5H2,1H3,(H,14,20)(H,18,19)(H,13,16,17). The van der Waals surface area contributed by atoms with Gasteiger partial charge in [-0.25, -0.2) is 9.59 Å². The molecule has 8 nitrogen and oxygen atoms in total. The smallest absolute Gasteiger partial charge is 0.331 e. The minimum absolute atomic E-state index is 0.296. The number of nitrogens with zero attached hydrogens (tertiary/aromatic N) is 1. The van der Waals surface area contributed by atoms with E-state index in [2.05, 4.69) is 10.6 Å². The van der Waals surface area contributed by atoms with Crippen molar-refractivity contribution >= 4 is 35.2 Å². The summed E-state index contributed by atoms with van der Waals surface area (Å²) in [6, 6.07) is 0.417. The third-order valence-corrected chi connectivity index (χ3v) is 3.96. The largest absolute Gasteiger partial charge is 0.479 e. The molecule has 2 heterocycles. The molecule has 2 unspecified atom stereocenters. The molecule has 3 N–H and O–H groups in total. The highest BCUT2D eigenvalue weighted by Gasteiger charge is 2.35. The van der Waals surface area contributed by atoms with Crippen LogP contribution >= 0.6 is 11.3 Å². The highest BCUT2D eigenvalue weighted by molar-refractivity contribution is 7.10. The van der Waals surface area contributed by atoms with Crippen LogP contribution in [0.5, 0.6) is 0 Å². The first-order chi connectivity index (χ1) is 9.90. The number of hydrogen-bond acceptors (Lipinski definition) is 5. The van der Waals surface area contributed by atoms with Crippen molar-refractivity contribution in [1.29, 1.82) is 0 Å². The summed E-state index contributed by atoms with van der Waals surface area (Å²) >= 11 is 1.19. The number of carboxylic acids is 1. The SMILES string of the molecule is CC1C(=O)NC(=O)CN1C(=O)NC(C(=O)O)c1cccs1. The molecular weight excluding hydrogens is 298 g/mol. The van der Waals surface area contributed by atoms with E-state index in [1.54, 1.807) is 17.5 Å². The summed E-state index contributed by atoms with van der Waals surface area (Å²) in [5, 5.41) is 15.3. The number of imide groups is 1. The third kappa shape index (κ3) is 3.19. The van der Waals surface area contributed by atoms with Crippen LogP contribution < -0.4 is 10.6 Å². The van der Waals surface area contributed by atoms with E-state index in [0.717, 1.165) is 4.90 Å². The first-order valence-electron chi connectivity index (χ1n) is 6.07. The zero-order valence-corrected chi connectivity index (χ0v) is 11.8. The Kier molecular flexibility index (Phi) is 4.22. The molecule has 0 aromatic carbocycles. The van der Waals surface area contributed by atoms with Crippen LogP contribution in [0.25, 0.3) is 0 Å². The van der Waals surface area contributed by atoms with Gasteiger partial charge in [0.15, 0.2) is 6.04 Å². The predicted molar refractivity (Wildman–Crippen MR) is 72.5 cm³/mol. The van der Waals surface area contributed by atoms with E-state index >= 15 is 0 Å². The number of hydrogen-bond donors (Lipinski definition) is 3. The number of nitrogens with one attached hydrogen (secondary N) is 2. The topological polar surface area (TPSA) is 116 Å². The van der Waals surface area contributed by atoms with E-state index in [0.29, 0.717) is 4.88 Å². The number of thiophene rings is 1. The molecule has 1 saturated heterocycles. The molecule has 4 amide bonds. The van der Waals surface area contributed by atoms with Crippen molar-refractivity contribution in [3.05, 3.63) is 22.4 Å². The summed E-state index contributed by atoms with van der Waals surface area (Å²) < 4.78 is 0. The zero-order chi connectivity index (χ0) is 15.6. The first kappa shape index (κ1) is 15.0. The van der Waals surface area contributed by atoms with Gasteiger partial charge in [0.2, 0.25) is 11.8 Å². The quantitative estimate of drug-likeness (QED) is 0.676. The van der Waals surface area contributed by atoms with Crippen molar-refractivity contribution in [3.8, 4) is 0 Å². The number of carboxylic acid groups (broad SMARTS) is 1. The van der Waals surface area contributed by atoms with Crippen LogP contribution in [-0.4, -0.2) is 46.4 Å². The van der Waals surface area contributed by atoms with E-state index in [-0.39, 0.29) is 6.54 Å². The Labute approximate surface area is 123 Å². The van der Waals surface area contributed by atoms with E-state index in [1.807, 2.05) is 0 Å². The van der Waals surface area contributed by atoms with Crippen molar-refractivity contribution in [2.75, 3.05) is 6.54 Å². The molecule has 9 heteroatoms. The molecule has 1 aromatic rings. The molecule has 112 valence electrons. The lowest BCUT2D eigenvalue weighted by atomic mass is 10.2. The highest BCUT2D eigenvalue weighted by atomic mass is 32.1. The highest BCUT2D eigenvalue weighted by Crippen LogP contribution is 2.20. The second-order valence-electron chi connectivity index (χ2n) is 4.45. The monoisotopic (exact) mass is 311 g/mol. The summed E-state index contributed by atoms with van der Waals surface area (Å²) in [5.41, 5.74) is 0. The summed E-state index contributed by atoms with van der Waals surface area (Å²) in [6.07, 6.45) is 0. The van der Waals surface area contributed by atoms with Crippen molar-refractivity contribution in [3.63, 3.8) is 0 Å². The minimum atomic E-state index is -1.22. The van der Waals surface area contributed by atoms with Gasteiger partial charge < -0.3 is 15.3 Å². The fourth-order valence-corrected chi connectivity index (χ4v) is 2.65. The van der Waals surface area contributed by atoms with Crippen LogP contribution in [-0.2, 0) is 14.4 Å². The fraction of sp³-hybridized carbons (Fsp3) is 0.333. The normalized spacial score (nSPS) is 19.9. The molecule has 2 rings (SSSR count). The van der Waals surface area contributed by atoms with Crippen LogP contribution in [0.1, 0.15) is 17.8 Å². The maximum Gasteiger partial charge on any atom is 0.331 e. The Balaban J connectivity index is 2.13. The van der Waals surface area contributed by atoms with Gasteiger partial charge >= 0.3 is 12.0 Å². The van der Waals surface area contributed by atoms with Gasteiger partial charge in [0.25, 0.3) is 0 Å². The van der Waals surface area contributed by atoms with E-state index in [1.165, 1.54) is 18.3 Å². The Bertz CT molecular complexity index is 586. The maximum absolute atomic E-state index is 12.1. The lowest BCUT2D eigenvalue weighted by molar-refractivity contribution is -0.139. The fourth-order valence-electron chi connectivity index (χ4n) is 1.88. The maximum atomic E-state index is 12.1. The molecule has 0 spiro atoms. The van der Waals surface area contributed by atoms with Crippen molar-refractivity contribution in [2.24, 2.45) is 0 Å². The summed E-state index contributed by atoms with van der Waals surface area (Å²) in [6.45, 7) is 1.16. The second kappa shape index (κ2) is 5.92. The number of aliphatic carboxylic acids is 1. The van der Waals surface area contributed by atoms with Gasteiger partial charge in [-0.05, 0) is 18.4 Å². The molecular formula is C12H13N3O5S. The van der Waals surface area contributed by atoms with Crippen LogP contribution in [0.3, 0.4) is 0 Å². The molecule has 1 aromatic heterocycles. The number of amides is 4. The minimum Gasteiger partial charge on any atom is -0.479 e. The molecule has 1 aliphatic rings. The van der Waals surface area contributed by atoms with Gasteiger partial charge in [-0.1, -0.05) is 6.07 Å². The Morgan fingerprint density at radius 2 is 2.24 bits per heavy atom. The number of carbonyl (C=O) groups excluding carboxylic acids is 3. The Hall–Kier alpha value is -2.42. The van der Waals surface area contributed by atoms with Crippen LogP contribution in [0.4, 0.5) is 4.79 Å². The average Bonchev–Trinajstić information content (AvgIpc) is 2.93. The third-order valence-electron chi connectivity index (χ3n) is 3.03. The molecule has 2 atom stereocenters. The van der Waals surface area contributed by atoms with Crippen molar-refractivity contribution in [2.45, 2.75) is 19.0 Å². The zero-order valence-electron chi connectivity index (χ0n) is 11.0. The predicted octanol–water partition coefficient (Wildman–Crippen LogP) is -0.0697. The summed E-state index contributed by atoms with van der Waals surface area (Å²) in [7, 11) is 0. The van der Waals surface area contributed by atoms with Gasteiger partial charge in [0.05, 0.1) is 0 Å². The summed E-state index contributed by atoms with van der Waals surface area (Å²) in [4.78, 5) is 47.7. The number of carbonyl (C=O) groups is 4. The summed E-state index contributed by atoms with van der Waals surface area (Å²) in [5.74, 6) is -2.41. The molecule has 0 saturated carbocycles. The Morgan fingerprint density at radius 1 is 1.52 bits per heavy atom. The lowest BCUT2D eigenvalue weighted by Crippen LogP contribution is -2.61. The van der Waals surface area contributed by atoms with Crippen LogP contribution in [0, 0.1) is 0 Å². The van der Waals surface area contributed by atoms with E-state index in [9.17, 15) is 24.3 Å². The molecule has 1 aliphatic heterocycles. The second-order valence-corrected chi connectivity index (χ2v) is 5.43. The molecule has 0 bridgehead atoms. The molecule has 1 fully saturated rings. The Morgan fingerprint density at radius 3 is 2.81 bits per heavy atom. The molecule has 0 aliphatic carbocycles. The van der Waals surface area contributed by atoms with Crippen molar-refractivity contribution in [1.82, 2.24) is 15.5 Å². The average molecular weight is 311 g/mol. The number of rotatable bonds is 3. The van der Waals surface area contributed by atoms with Gasteiger partial charge in [0, 0.05) is 4.88 Å². The van der Waals surface area contributed by atoms with Crippen molar-refractivity contribution < 1.29 is 24.3 Å². The molecule has 21 heavy (non-hydrogen) atoms. The first-order valence-corrected chi connectivity index (χ1v) is 6.95.